The average Bonchev–Trinajstić information content (AvgIpc) is 3.79. The van der Waals surface area contributed by atoms with Crippen molar-refractivity contribution in [3.63, 3.8) is 0 Å². The predicted octanol–water partition coefficient (Wildman–Crippen LogP) is 3.21. The molecule has 6 heterocycles. The number of piperidine rings is 2. The van der Waals surface area contributed by atoms with Gasteiger partial charge in [-0.15, -0.1) is 10.2 Å². The number of alkyl halides is 3. The number of rotatable bonds is 11. The number of imide groups is 2. The van der Waals surface area contributed by atoms with Crippen molar-refractivity contribution in [1.29, 1.82) is 0 Å². The summed E-state index contributed by atoms with van der Waals surface area (Å²) in [5.41, 5.74) is 2.22. The molecule has 312 valence electrons. The summed E-state index contributed by atoms with van der Waals surface area (Å²) in [5.74, 6) is -1.49. The van der Waals surface area contributed by atoms with Crippen LogP contribution in [0.5, 0.6) is 5.75 Å². The van der Waals surface area contributed by atoms with Gasteiger partial charge in [-0.05, 0) is 67.9 Å². The molecule has 1 aromatic heterocycles. The Hall–Kier alpha value is -5.85. The lowest BCUT2D eigenvalue weighted by Crippen LogP contribution is -2.54. The Labute approximate surface area is 337 Å². The van der Waals surface area contributed by atoms with E-state index in [1.54, 1.807) is 23.1 Å². The van der Waals surface area contributed by atoms with Gasteiger partial charge in [-0.3, -0.25) is 34.2 Å². The van der Waals surface area contributed by atoms with Crippen LogP contribution in [0, 0.1) is 0 Å². The molecule has 8 rings (SSSR count). The van der Waals surface area contributed by atoms with Crippen molar-refractivity contribution in [1.82, 2.24) is 34.9 Å². The molecule has 5 aliphatic heterocycles. The number of carbonyl (C=O) groups is 5. The zero-order chi connectivity index (χ0) is 41.3. The highest BCUT2D eigenvalue weighted by Crippen LogP contribution is 2.35. The Morgan fingerprint density at radius 3 is 2.29 bits per heavy atom. The fourth-order valence-corrected chi connectivity index (χ4v) is 8.37. The molecule has 0 saturated carbocycles. The standard InChI is InChI=1S/C40H44F3N9O7/c41-40(42,43)39-46-45-31-11-12-32(47-52(31)39)49-16-14-26(15-17-49)25-6-8-27(9-7-25)59-23-2-1-22-58-24-34(54)50-20-18-48(19-21-50)29-5-3-4-28-35(29)38(57)51(37(28)56)30-10-13-33(53)44-36(30)55/h3-9,26,30H,1-2,10-24H2,(H,44,53,55). The quantitative estimate of drug-likeness (QED) is 0.223. The lowest BCUT2D eigenvalue weighted by atomic mass is 9.89. The van der Waals surface area contributed by atoms with Crippen LogP contribution in [0.1, 0.15) is 88.8 Å². The predicted molar refractivity (Wildman–Crippen MR) is 204 cm³/mol. The van der Waals surface area contributed by atoms with Crippen molar-refractivity contribution in [2.45, 2.75) is 69.5 Å². The summed E-state index contributed by atoms with van der Waals surface area (Å²) < 4.78 is 52.4. The monoisotopic (exact) mass is 819 g/mol. The number of likely N-dealkylation sites (tertiary alicyclic amines) is 1. The summed E-state index contributed by atoms with van der Waals surface area (Å²) in [6.45, 7) is 3.95. The molecular formula is C40H44F3N9O7. The Kier molecular flexibility index (Phi) is 11.4. The number of amidine groups is 1. The number of hydrogen-bond acceptors (Lipinski definition) is 12. The molecule has 19 heteroatoms. The molecule has 0 bridgehead atoms. The molecule has 1 unspecified atom stereocenters. The highest BCUT2D eigenvalue weighted by atomic mass is 19.4. The highest BCUT2D eigenvalue weighted by Gasteiger charge is 2.46. The third kappa shape index (κ3) is 8.37. The molecule has 0 radical (unpaired) electrons. The van der Waals surface area contributed by atoms with Gasteiger partial charge in [-0.25, -0.2) is 0 Å². The molecule has 16 nitrogen and oxygen atoms in total. The van der Waals surface area contributed by atoms with Gasteiger partial charge in [-0.2, -0.15) is 22.9 Å². The summed E-state index contributed by atoms with van der Waals surface area (Å²) in [6.07, 6.45) is -0.434. The molecule has 59 heavy (non-hydrogen) atoms. The third-order valence-corrected chi connectivity index (χ3v) is 11.6. The number of nitrogens with zero attached hydrogens (tertiary/aromatic N) is 8. The number of piperazine rings is 1. The molecule has 3 saturated heterocycles. The maximum Gasteiger partial charge on any atom is 0.453 e. The normalized spacial score (nSPS) is 20.1. The van der Waals surface area contributed by atoms with Crippen molar-refractivity contribution >= 4 is 41.1 Å². The minimum Gasteiger partial charge on any atom is -0.494 e. The third-order valence-electron chi connectivity index (χ3n) is 11.6. The van der Waals surface area contributed by atoms with Gasteiger partial charge in [0.2, 0.25) is 17.7 Å². The van der Waals surface area contributed by atoms with Gasteiger partial charge >= 0.3 is 6.18 Å². The van der Waals surface area contributed by atoms with Gasteiger partial charge in [0.1, 0.15) is 24.2 Å². The van der Waals surface area contributed by atoms with E-state index in [0.717, 1.165) is 34.6 Å². The molecule has 0 spiro atoms. The van der Waals surface area contributed by atoms with Gasteiger partial charge in [0.15, 0.2) is 5.82 Å². The largest absolute Gasteiger partial charge is 0.494 e. The Bertz CT molecular complexity index is 2140. The van der Waals surface area contributed by atoms with E-state index in [0.29, 0.717) is 89.2 Å². The summed E-state index contributed by atoms with van der Waals surface area (Å²) in [4.78, 5) is 70.5. The molecule has 3 fully saturated rings. The molecule has 1 atom stereocenters. The lowest BCUT2D eigenvalue weighted by molar-refractivity contribution is -0.147. The van der Waals surface area contributed by atoms with E-state index in [1.807, 2.05) is 17.0 Å². The Balaban J connectivity index is 0.716. The summed E-state index contributed by atoms with van der Waals surface area (Å²) in [5, 5.41) is 13.4. The number of halogens is 3. The molecular weight excluding hydrogens is 775 g/mol. The van der Waals surface area contributed by atoms with E-state index in [9.17, 15) is 37.1 Å². The number of amides is 5. The molecule has 5 amide bonds. The number of aromatic nitrogens is 3. The van der Waals surface area contributed by atoms with Crippen LogP contribution in [0.2, 0.25) is 0 Å². The summed E-state index contributed by atoms with van der Waals surface area (Å²) in [6, 6.07) is 12.0. The fraction of sp³-hybridized carbons (Fsp3) is 0.500. The van der Waals surface area contributed by atoms with E-state index >= 15 is 0 Å². The zero-order valence-electron chi connectivity index (χ0n) is 32.3. The van der Waals surface area contributed by atoms with E-state index in [4.69, 9.17) is 9.47 Å². The van der Waals surface area contributed by atoms with Gasteiger partial charge in [0.05, 0.1) is 23.4 Å². The van der Waals surface area contributed by atoms with Crippen LogP contribution in [0.25, 0.3) is 0 Å². The second kappa shape index (κ2) is 16.8. The van der Waals surface area contributed by atoms with Crippen LogP contribution in [0.3, 0.4) is 0 Å². The van der Waals surface area contributed by atoms with Crippen LogP contribution in [0.4, 0.5) is 18.9 Å². The SMILES string of the molecule is O=C1CCC(N2C(=O)c3cccc(N4CCN(C(=O)COCCCCOc5ccc(C6CCN(C7=Nn8c(nnc8C(F)(F)F)CC7)CC6)cc5)CC4)c3C2=O)C(=O)N1. The second-order valence-electron chi connectivity index (χ2n) is 15.2. The van der Waals surface area contributed by atoms with Gasteiger partial charge < -0.3 is 24.2 Å². The lowest BCUT2D eigenvalue weighted by Gasteiger charge is -2.36. The van der Waals surface area contributed by atoms with Crippen molar-refractivity contribution in [3.8, 4) is 5.75 Å². The number of anilines is 1. The van der Waals surface area contributed by atoms with Crippen molar-refractivity contribution < 1.29 is 46.6 Å². The number of benzene rings is 2. The zero-order valence-corrected chi connectivity index (χ0v) is 32.3. The maximum atomic E-state index is 13.5. The average molecular weight is 820 g/mol. The first-order valence-corrected chi connectivity index (χ1v) is 20.0. The van der Waals surface area contributed by atoms with Gasteiger partial charge in [-0.1, -0.05) is 18.2 Å². The van der Waals surface area contributed by atoms with E-state index in [1.165, 1.54) is 5.56 Å². The number of fused-ring (bicyclic) bond motifs is 2. The Morgan fingerprint density at radius 2 is 1.56 bits per heavy atom. The molecule has 3 aromatic rings. The van der Waals surface area contributed by atoms with E-state index in [2.05, 4.69) is 37.6 Å². The van der Waals surface area contributed by atoms with Crippen LogP contribution >= 0.6 is 0 Å². The second-order valence-corrected chi connectivity index (χ2v) is 15.2. The van der Waals surface area contributed by atoms with Crippen molar-refractivity contribution in [3.05, 3.63) is 70.8 Å². The Morgan fingerprint density at radius 1 is 0.814 bits per heavy atom. The number of ether oxygens (including phenoxy) is 2. The maximum absolute atomic E-state index is 13.5. The molecule has 2 aromatic carbocycles. The number of unbranched alkanes of at least 4 members (excludes halogenated alkanes) is 1. The number of aryl methyl sites for hydroxylation is 1. The number of hydrogen-bond donors (Lipinski definition) is 1. The van der Waals surface area contributed by atoms with Gasteiger partial charge in [0.25, 0.3) is 17.6 Å². The fourth-order valence-electron chi connectivity index (χ4n) is 8.37. The summed E-state index contributed by atoms with van der Waals surface area (Å²) in [7, 11) is 0. The van der Waals surface area contributed by atoms with E-state index < -0.39 is 41.7 Å². The number of nitrogens with one attached hydrogen (secondary N) is 1. The first kappa shape index (κ1) is 40.0. The van der Waals surface area contributed by atoms with Crippen LogP contribution in [0.15, 0.2) is 47.6 Å². The summed E-state index contributed by atoms with van der Waals surface area (Å²) >= 11 is 0. The highest BCUT2D eigenvalue weighted by molar-refractivity contribution is 6.25. The smallest absolute Gasteiger partial charge is 0.453 e. The van der Waals surface area contributed by atoms with Gasteiger partial charge in [0, 0.05) is 65.1 Å². The molecule has 1 N–H and O–H groups in total. The van der Waals surface area contributed by atoms with Crippen molar-refractivity contribution in [2.24, 2.45) is 5.10 Å². The number of carbonyl (C=O) groups excluding carboxylic acids is 5. The van der Waals surface area contributed by atoms with E-state index in [-0.39, 0.29) is 42.3 Å². The molecule has 5 aliphatic rings. The van der Waals surface area contributed by atoms with Crippen LogP contribution in [-0.4, -0.2) is 130 Å². The minimum atomic E-state index is -4.61. The topological polar surface area (TPSA) is 172 Å². The van der Waals surface area contributed by atoms with Crippen molar-refractivity contribution in [2.75, 3.05) is 64.0 Å². The van der Waals surface area contributed by atoms with Crippen LogP contribution in [-0.2, 0) is 31.7 Å². The first-order chi connectivity index (χ1) is 28.5. The molecule has 0 aliphatic carbocycles. The van der Waals surface area contributed by atoms with Crippen LogP contribution < -0.4 is 15.0 Å². The minimum absolute atomic E-state index is 0.0452. The first-order valence-electron chi connectivity index (χ1n) is 20.0.